The minimum Gasteiger partial charge on any atom is -0.480 e. The summed E-state index contributed by atoms with van der Waals surface area (Å²) in [7, 11) is 1.62. The minimum atomic E-state index is -1.18. The molecule has 1 aliphatic carbocycles. The highest BCUT2D eigenvalue weighted by atomic mass is 16.4. The first-order valence-corrected chi connectivity index (χ1v) is 6.21. The largest absolute Gasteiger partial charge is 0.480 e. The molecule has 0 aromatic carbocycles. The first-order chi connectivity index (χ1) is 8.93. The highest BCUT2D eigenvalue weighted by molar-refractivity contribution is 5.86. The smallest absolute Gasteiger partial charge is 0.329 e. The topological polar surface area (TPSA) is 82.8 Å². The van der Waals surface area contributed by atoms with E-state index in [1.54, 1.807) is 26.3 Å². The van der Waals surface area contributed by atoms with Crippen molar-refractivity contribution in [1.29, 1.82) is 0 Å². The highest BCUT2D eigenvalue weighted by Crippen LogP contribution is 2.39. The number of carboxylic acid groups (broad SMARTS) is 1. The summed E-state index contributed by atoms with van der Waals surface area (Å²) < 4.78 is 4.93. The summed E-state index contributed by atoms with van der Waals surface area (Å²) in [5.74, 6) is -0.962. The van der Waals surface area contributed by atoms with Gasteiger partial charge >= 0.3 is 12.0 Å². The maximum absolute atomic E-state index is 12.0. The van der Waals surface area contributed by atoms with Crippen molar-refractivity contribution < 1.29 is 19.1 Å². The van der Waals surface area contributed by atoms with Crippen LogP contribution >= 0.6 is 0 Å². The van der Waals surface area contributed by atoms with Gasteiger partial charge in [-0.2, -0.15) is 0 Å². The summed E-state index contributed by atoms with van der Waals surface area (Å²) in [6, 6.07) is 1.37. The van der Waals surface area contributed by atoms with Gasteiger partial charge in [0.2, 0.25) is 0 Å². The maximum atomic E-state index is 12.0. The van der Waals surface area contributed by atoms with E-state index in [0.717, 1.165) is 18.4 Å². The van der Waals surface area contributed by atoms with Crippen molar-refractivity contribution in [2.75, 3.05) is 7.05 Å². The normalized spacial score (nSPS) is 17.6. The molecule has 104 valence electrons. The van der Waals surface area contributed by atoms with Gasteiger partial charge in [-0.3, -0.25) is 0 Å². The molecule has 6 nitrogen and oxygen atoms in total. The van der Waals surface area contributed by atoms with Crippen LogP contribution in [0.15, 0.2) is 23.0 Å². The number of furan rings is 1. The van der Waals surface area contributed by atoms with Gasteiger partial charge in [-0.1, -0.05) is 0 Å². The van der Waals surface area contributed by atoms with Crippen LogP contribution in [0.5, 0.6) is 0 Å². The average Bonchev–Trinajstić information content (AvgIpc) is 3.09. The summed E-state index contributed by atoms with van der Waals surface area (Å²) in [6.07, 6.45) is 4.77. The Labute approximate surface area is 111 Å². The quantitative estimate of drug-likeness (QED) is 0.849. The third-order valence-electron chi connectivity index (χ3n) is 3.55. The van der Waals surface area contributed by atoms with Crippen LogP contribution in [0.4, 0.5) is 4.79 Å². The van der Waals surface area contributed by atoms with E-state index in [1.165, 1.54) is 11.2 Å². The fourth-order valence-corrected chi connectivity index (χ4v) is 2.04. The van der Waals surface area contributed by atoms with Crippen LogP contribution in [0, 0.1) is 5.92 Å². The summed E-state index contributed by atoms with van der Waals surface area (Å²) in [5, 5.41) is 11.9. The molecule has 0 bridgehead atoms. The Balaban J connectivity index is 1.97. The lowest BCUT2D eigenvalue weighted by molar-refractivity contribution is -0.144. The summed E-state index contributed by atoms with van der Waals surface area (Å²) >= 11 is 0. The molecule has 19 heavy (non-hydrogen) atoms. The van der Waals surface area contributed by atoms with Crippen LogP contribution in [0.2, 0.25) is 0 Å². The van der Waals surface area contributed by atoms with Crippen molar-refractivity contribution in [2.45, 2.75) is 31.8 Å². The van der Waals surface area contributed by atoms with Gasteiger partial charge in [0.05, 0.1) is 19.1 Å². The number of rotatable bonds is 5. The molecule has 1 unspecified atom stereocenters. The molecule has 1 fully saturated rings. The molecule has 1 aliphatic rings. The molecule has 0 spiro atoms. The molecule has 1 aromatic rings. The Kier molecular flexibility index (Phi) is 3.50. The molecular weight excluding hydrogens is 248 g/mol. The Hall–Kier alpha value is -1.98. The zero-order chi connectivity index (χ0) is 14.0. The molecule has 1 atom stereocenters. The van der Waals surface area contributed by atoms with Crippen LogP contribution in [0.25, 0.3) is 0 Å². The number of carbonyl (C=O) groups is 2. The van der Waals surface area contributed by atoms with Crippen LogP contribution < -0.4 is 5.32 Å². The van der Waals surface area contributed by atoms with E-state index in [2.05, 4.69) is 5.32 Å². The minimum absolute atomic E-state index is 0.0243. The molecule has 2 N–H and O–H groups in total. The van der Waals surface area contributed by atoms with Gasteiger partial charge in [0.15, 0.2) is 0 Å². The van der Waals surface area contributed by atoms with E-state index in [9.17, 15) is 14.7 Å². The lowest BCUT2D eigenvalue weighted by Gasteiger charge is -2.29. The van der Waals surface area contributed by atoms with Crippen LogP contribution in [0.1, 0.15) is 25.3 Å². The van der Waals surface area contributed by atoms with Gasteiger partial charge in [-0.05, 0) is 31.7 Å². The predicted molar refractivity (Wildman–Crippen MR) is 67.5 cm³/mol. The van der Waals surface area contributed by atoms with Gasteiger partial charge in [0.1, 0.15) is 5.54 Å². The number of carbonyl (C=O) groups excluding carboxylic acids is 1. The Bertz CT molecular complexity index is 467. The number of hydrogen-bond acceptors (Lipinski definition) is 3. The molecule has 0 radical (unpaired) electrons. The van der Waals surface area contributed by atoms with Gasteiger partial charge in [-0.25, -0.2) is 9.59 Å². The SMILES string of the molecule is CN(Cc1ccoc1)C(=O)NC(C)(C(=O)O)C1CC1. The molecule has 1 aromatic heterocycles. The zero-order valence-corrected chi connectivity index (χ0v) is 11.0. The van der Waals surface area contributed by atoms with Gasteiger partial charge in [-0.15, -0.1) is 0 Å². The number of nitrogens with one attached hydrogen (secondary N) is 1. The van der Waals surface area contributed by atoms with E-state index in [1.807, 2.05) is 0 Å². The van der Waals surface area contributed by atoms with Crippen molar-refractivity contribution in [3.8, 4) is 0 Å². The van der Waals surface area contributed by atoms with E-state index in [-0.39, 0.29) is 5.92 Å². The van der Waals surface area contributed by atoms with Crippen molar-refractivity contribution >= 4 is 12.0 Å². The first-order valence-electron chi connectivity index (χ1n) is 6.21. The number of carboxylic acids is 1. The molecule has 1 saturated carbocycles. The maximum Gasteiger partial charge on any atom is 0.329 e. The van der Waals surface area contributed by atoms with Crippen molar-refractivity contribution in [3.05, 3.63) is 24.2 Å². The number of nitrogens with zero attached hydrogens (tertiary/aromatic N) is 1. The fourth-order valence-electron chi connectivity index (χ4n) is 2.04. The summed E-state index contributed by atoms with van der Waals surface area (Å²) in [6.45, 7) is 1.94. The second-order valence-electron chi connectivity index (χ2n) is 5.20. The zero-order valence-electron chi connectivity index (χ0n) is 11.0. The fraction of sp³-hybridized carbons (Fsp3) is 0.538. The van der Waals surface area contributed by atoms with E-state index in [4.69, 9.17) is 4.42 Å². The van der Waals surface area contributed by atoms with Gasteiger partial charge in [0, 0.05) is 12.6 Å². The number of amides is 2. The second kappa shape index (κ2) is 4.95. The van der Waals surface area contributed by atoms with E-state index in [0.29, 0.717) is 6.54 Å². The van der Waals surface area contributed by atoms with Crippen LogP contribution in [-0.2, 0) is 11.3 Å². The van der Waals surface area contributed by atoms with Crippen molar-refractivity contribution in [3.63, 3.8) is 0 Å². The summed E-state index contributed by atoms with van der Waals surface area (Å²) in [5.41, 5.74) is -0.317. The molecule has 2 rings (SSSR count). The van der Waals surface area contributed by atoms with Gasteiger partial charge in [0.25, 0.3) is 0 Å². The van der Waals surface area contributed by atoms with Crippen LogP contribution in [0.3, 0.4) is 0 Å². The molecule has 6 heteroatoms. The Morgan fingerprint density at radius 1 is 1.58 bits per heavy atom. The standard InChI is InChI=1S/C13H18N2O4/c1-13(11(16)17,10-3-4-10)14-12(18)15(2)7-9-5-6-19-8-9/h5-6,8,10H,3-4,7H2,1-2H3,(H,14,18)(H,16,17). The van der Waals surface area contributed by atoms with E-state index >= 15 is 0 Å². The molecule has 2 amide bonds. The van der Waals surface area contributed by atoms with Crippen molar-refractivity contribution in [2.24, 2.45) is 5.92 Å². The lowest BCUT2D eigenvalue weighted by Crippen LogP contribution is -2.56. The molecule has 0 saturated heterocycles. The van der Waals surface area contributed by atoms with E-state index < -0.39 is 17.5 Å². The average molecular weight is 266 g/mol. The number of urea groups is 1. The predicted octanol–water partition coefficient (Wildman–Crippen LogP) is 1.67. The molecular formula is C13H18N2O4. The second-order valence-corrected chi connectivity index (χ2v) is 5.20. The molecule has 1 heterocycles. The Morgan fingerprint density at radius 3 is 2.74 bits per heavy atom. The molecule has 0 aliphatic heterocycles. The van der Waals surface area contributed by atoms with Crippen molar-refractivity contribution in [1.82, 2.24) is 10.2 Å². The summed E-state index contributed by atoms with van der Waals surface area (Å²) in [4.78, 5) is 24.8. The number of aliphatic carboxylic acids is 1. The number of hydrogen-bond donors (Lipinski definition) is 2. The monoisotopic (exact) mass is 266 g/mol. The van der Waals surface area contributed by atoms with Gasteiger partial charge < -0.3 is 19.7 Å². The third kappa shape index (κ3) is 2.89. The lowest BCUT2D eigenvalue weighted by atomic mass is 9.96. The third-order valence-corrected chi connectivity index (χ3v) is 3.55. The Morgan fingerprint density at radius 2 is 2.26 bits per heavy atom. The highest BCUT2D eigenvalue weighted by Gasteiger charge is 2.48. The first kappa shape index (κ1) is 13.5. The van der Waals surface area contributed by atoms with Crippen LogP contribution in [-0.4, -0.2) is 34.6 Å².